The van der Waals surface area contributed by atoms with E-state index in [9.17, 15) is 0 Å². The number of thiazole rings is 1. The van der Waals surface area contributed by atoms with Gasteiger partial charge in [0, 0.05) is 23.3 Å². The fourth-order valence-corrected chi connectivity index (χ4v) is 2.40. The van der Waals surface area contributed by atoms with Crippen molar-refractivity contribution in [2.24, 2.45) is 0 Å². The van der Waals surface area contributed by atoms with Gasteiger partial charge in [-0.3, -0.25) is 0 Å². The number of nitrogens with zero attached hydrogens (tertiary/aromatic N) is 3. The standard InChI is InChI=1S/C12H16N4S/c1-8-7-10(15-9(2)14-8)16-12(3,4)11-13-5-6-17-11/h5-7H,1-4H3,(H,14,15,16). The summed E-state index contributed by atoms with van der Waals surface area (Å²) in [6.45, 7) is 8.06. The molecular weight excluding hydrogens is 232 g/mol. The smallest absolute Gasteiger partial charge is 0.130 e. The van der Waals surface area contributed by atoms with Gasteiger partial charge in [-0.2, -0.15) is 0 Å². The SMILES string of the molecule is Cc1cc(NC(C)(C)c2nccs2)nc(C)n1. The fraction of sp³-hybridized carbons (Fsp3) is 0.417. The van der Waals surface area contributed by atoms with Crippen molar-refractivity contribution in [3.05, 3.63) is 34.2 Å². The molecule has 0 fully saturated rings. The van der Waals surface area contributed by atoms with Gasteiger partial charge in [-0.15, -0.1) is 11.3 Å². The van der Waals surface area contributed by atoms with Crippen molar-refractivity contribution in [3.63, 3.8) is 0 Å². The zero-order chi connectivity index (χ0) is 12.5. The van der Waals surface area contributed by atoms with Crippen LogP contribution in [0.3, 0.4) is 0 Å². The molecule has 0 radical (unpaired) electrons. The Morgan fingerprint density at radius 3 is 2.59 bits per heavy atom. The fourth-order valence-electron chi connectivity index (χ4n) is 1.69. The highest BCUT2D eigenvalue weighted by Crippen LogP contribution is 2.26. The van der Waals surface area contributed by atoms with E-state index < -0.39 is 0 Å². The Morgan fingerprint density at radius 2 is 2.00 bits per heavy atom. The van der Waals surface area contributed by atoms with Crippen LogP contribution in [-0.4, -0.2) is 15.0 Å². The molecule has 2 heterocycles. The molecule has 0 atom stereocenters. The number of rotatable bonds is 3. The third kappa shape index (κ3) is 2.79. The van der Waals surface area contributed by atoms with E-state index in [2.05, 4.69) is 34.1 Å². The minimum atomic E-state index is -0.221. The summed E-state index contributed by atoms with van der Waals surface area (Å²) in [6, 6.07) is 1.95. The molecular formula is C12H16N4S. The van der Waals surface area contributed by atoms with E-state index in [-0.39, 0.29) is 5.54 Å². The van der Waals surface area contributed by atoms with Crippen LogP contribution in [0.2, 0.25) is 0 Å². The van der Waals surface area contributed by atoms with Gasteiger partial charge in [0.1, 0.15) is 16.6 Å². The molecule has 0 aliphatic carbocycles. The van der Waals surface area contributed by atoms with E-state index in [1.54, 1.807) is 11.3 Å². The van der Waals surface area contributed by atoms with Gasteiger partial charge >= 0.3 is 0 Å². The second kappa shape index (κ2) is 4.41. The molecule has 4 nitrogen and oxygen atoms in total. The molecule has 0 aliphatic heterocycles. The van der Waals surface area contributed by atoms with Crippen molar-refractivity contribution in [1.82, 2.24) is 15.0 Å². The minimum absolute atomic E-state index is 0.221. The summed E-state index contributed by atoms with van der Waals surface area (Å²) in [5.74, 6) is 1.62. The number of hydrogen-bond donors (Lipinski definition) is 1. The van der Waals surface area contributed by atoms with Crippen LogP contribution in [0.15, 0.2) is 17.6 Å². The molecule has 1 N–H and O–H groups in total. The molecule has 2 aromatic heterocycles. The lowest BCUT2D eigenvalue weighted by molar-refractivity contribution is 0.600. The van der Waals surface area contributed by atoms with Crippen LogP contribution in [0.4, 0.5) is 5.82 Å². The Kier molecular flexibility index (Phi) is 3.11. The van der Waals surface area contributed by atoms with Crippen molar-refractivity contribution < 1.29 is 0 Å². The third-order valence-electron chi connectivity index (χ3n) is 2.37. The summed E-state index contributed by atoms with van der Waals surface area (Å²) in [4.78, 5) is 13.0. The predicted octanol–water partition coefficient (Wildman–Crippen LogP) is 2.90. The Bertz CT molecular complexity index is 485. The van der Waals surface area contributed by atoms with E-state index in [0.717, 1.165) is 22.3 Å². The van der Waals surface area contributed by atoms with Gasteiger partial charge in [0.2, 0.25) is 0 Å². The number of anilines is 1. The topological polar surface area (TPSA) is 50.7 Å². The molecule has 0 spiro atoms. The van der Waals surface area contributed by atoms with Crippen LogP contribution in [0.1, 0.15) is 30.4 Å². The van der Waals surface area contributed by atoms with Crippen LogP contribution >= 0.6 is 11.3 Å². The summed E-state index contributed by atoms with van der Waals surface area (Å²) in [7, 11) is 0. The van der Waals surface area contributed by atoms with Gasteiger partial charge in [0.15, 0.2) is 0 Å². The zero-order valence-corrected chi connectivity index (χ0v) is 11.3. The first-order chi connectivity index (χ1) is 7.97. The number of aromatic nitrogens is 3. The van der Waals surface area contributed by atoms with E-state index in [0.29, 0.717) is 0 Å². The summed E-state index contributed by atoms with van der Waals surface area (Å²) >= 11 is 1.64. The van der Waals surface area contributed by atoms with Gasteiger partial charge in [-0.25, -0.2) is 15.0 Å². The molecule has 0 unspecified atom stereocenters. The monoisotopic (exact) mass is 248 g/mol. The van der Waals surface area contributed by atoms with Crippen molar-refractivity contribution >= 4 is 17.2 Å². The van der Waals surface area contributed by atoms with Crippen molar-refractivity contribution in [2.45, 2.75) is 33.2 Å². The zero-order valence-electron chi connectivity index (χ0n) is 10.5. The summed E-state index contributed by atoms with van der Waals surface area (Å²) < 4.78 is 0. The van der Waals surface area contributed by atoms with Gasteiger partial charge in [-0.1, -0.05) is 0 Å². The molecule has 17 heavy (non-hydrogen) atoms. The first-order valence-corrected chi connectivity index (χ1v) is 6.36. The molecule has 0 bridgehead atoms. The van der Waals surface area contributed by atoms with Crippen molar-refractivity contribution in [1.29, 1.82) is 0 Å². The van der Waals surface area contributed by atoms with Gasteiger partial charge in [0.05, 0.1) is 5.54 Å². The predicted molar refractivity (Wildman–Crippen MR) is 70.3 cm³/mol. The summed E-state index contributed by atoms with van der Waals surface area (Å²) in [6.07, 6.45) is 1.82. The lowest BCUT2D eigenvalue weighted by Crippen LogP contribution is -2.28. The molecule has 5 heteroatoms. The first-order valence-electron chi connectivity index (χ1n) is 5.48. The van der Waals surface area contributed by atoms with Crippen LogP contribution < -0.4 is 5.32 Å². The van der Waals surface area contributed by atoms with Gasteiger partial charge in [0.25, 0.3) is 0 Å². The van der Waals surface area contributed by atoms with Crippen LogP contribution in [-0.2, 0) is 5.54 Å². The molecule has 90 valence electrons. The lowest BCUT2D eigenvalue weighted by atomic mass is 10.1. The van der Waals surface area contributed by atoms with Crippen molar-refractivity contribution in [2.75, 3.05) is 5.32 Å². The largest absolute Gasteiger partial charge is 0.359 e. The molecule has 0 saturated carbocycles. The van der Waals surface area contributed by atoms with Crippen molar-refractivity contribution in [3.8, 4) is 0 Å². The molecule has 2 aromatic rings. The Hall–Kier alpha value is -1.49. The molecule has 2 rings (SSSR count). The second-order valence-electron chi connectivity index (χ2n) is 4.53. The quantitative estimate of drug-likeness (QED) is 0.907. The third-order valence-corrected chi connectivity index (χ3v) is 3.47. The molecule has 0 aliphatic rings. The van der Waals surface area contributed by atoms with E-state index >= 15 is 0 Å². The second-order valence-corrected chi connectivity index (χ2v) is 5.42. The van der Waals surface area contributed by atoms with Crippen LogP contribution in [0.25, 0.3) is 0 Å². The molecule has 0 amide bonds. The Morgan fingerprint density at radius 1 is 1.24 bits per heavy atom. The van der Waals surface area contributed by atoms with E-state index in [4.69, 9.17) is 0 Å². The van der Waals surface area contributed by atoms with E-state index in [1.807, 2.05) is 31.5 Å². The van der Waals surface area contributed by atoms with Crippen LogP contribution in [0.5, 0.6) is 0 Å². The molecule has 0 aromatic carbocycles. The first kappa shape index (κ1) is 12.0. The Labute approximate surface area is 105 Å². The minimum Gasteiger partial charge on any atom is -0.359 e. The van der Waals surface area contributed by atoms with E-state index in [1.165, 1.54) is 0 Å². The highest BCUT2D eigenvalue weighted by molar-refractivity contribution is 7.09. The summed E-state index contributed by atoms with van der Waals surface area (Å²) in [5.41, 5.74) is 0.747. The average Bonchev–Trinajstić information content (AvgIpc) is 2.67. The number of nitrogens with one attached hydrogen (secondary N) is 1. The normalized spacial score (nSPS) is 11.5. The van der Waals surface area contributed by atoms with Gasteiger partial charge in [-0.05, 0) is 27.7 Å². The average molecular weight is 248 g/mol. The number of aryl methyl sites for hydroxylation is 2. The van der Waals surface area contributed by atoms with Crippen LogP contribution in [0, 0.1) is 13.8 Å². The highest BCUT2D eigenvalue weighted by Gasteiger charge is 2.23. The highest BCUT2D eigenvalue weighted by atomic mass is 32.1. The maximum absolute atomic E-state index is 4.38. The maximum atomic E-state index is 4.38. The summed E-state index contributed by atoms with van der Waals surface area (Å²) in [5, 5.41) is 6.43. The van der Waals surface area contributed by atoms with Gasteiger partial charge < -0.3 is 5.32 Å². The molecule has 0 saturated heterocycles. The number of hydrogen-bond acceptors (Lipinski definition) is 5. The maximum Gasteiger partial charge on any atom is 0.130 e. The lowest BCUT2D eigenvalue weighted by Gasteiger charge is -2.24. The Balaban J connectivity index is 2.26.